The zero-order valence-electron chi connectivity index (χ0n) is 14.1. The summed E-state index contributed by atoms with van der Waals surface area (Å²) in [6.07, 6.45) is 0. The van der Waals surface area contributed by atoms with E-state index in [1.165, 1.54) is 0 Å². The molecule has 0 saturated carbocycles. The second-order valence-corrected chi connectivity index (χ2v) is 7.16. The third-order valence-corrected chi connectivity index (χ3v) is 3.21. The quantitative estimate of drug-likeness (QED) is 0.510. The van der Waals surface area contributed by atoms with Gasteiger partial charge in [-0.3, -0.25) is 0 Å². The molecule has 0 aliphatic rings. The predicted molar refractivity (Wildman–Crippen MR) is 87.5 cm³/mol. The maximum Gasteiger partial charge on any atom is 0.123 e. The molecule has 2 aromatic rings. The molecule has 21 heavy (non-hydrogen) atoms. The molecule has 0 bridgehead atoms. The van der Waals surface area contributed by atoms with Gasteiger partial charge in [-0.2, -0.15) is 18.2 Å². The molecule has 2 heteroatoms. The van der Waals surface area contributed by atoms with Crippen LogP contribution in [-0.2, 0) is 32.5 Å². The van der Waals surface area contributed by atoms with Gasteiger partial charge in [0.05, 0.1) is 0 Å². The van der Waals surface area contributed by atoms with Crippen LogP contribution in [0.25, 0.3) is 0 Å². The topological polar surface area (TPSA) is 20.2 Å². The molecule has 0 aliphatic heterocycles. The van der Waals surface area contributed by atoms with Gasteiger partial charge in [0.2, 0.25) is 0 Å². The first-order valence-corrected chi connectivity index (χ1v) is 7.13. The Kier molecular flexibility index (Phi) is 7.57. The fraction of sp³-hybridized carbons (Fsp3) is 0.421. The zero-order valence-corrected chi connectivity index (χ0v) is 15.6. The number of hydrogen-bond acceptors (Lipinski definition) is 1. The molecule has 0 aromatic heterocycles. The van der Waals surface area contributed by atoms with Gasteiger partial charge in [-0.05, 0) is 22.0 Å². The first kappa shape index (κ1) is 20.1. The summed E-state index contributed by atoms with van der Waals surface area (Å²) in [5.41, 5.74) is 2.03. The van der Waals surface area contributed by atoms with Crippen molar-refractivity contribution in [1.29, 1.82) is 0 Å². The summed E-state index contributed by atoms with van der Waals surface area (Å²) >= 11 is 0. The minimum absolute atomic E-state index is 0. The Hall–Kier alpha value is -0.916. The van der Waals surface area contributed by atoms with Crippen molar-refractivity contribution in [2.75, 3.05) is 0 Å². The number of hydrogen-bond donors (Lipinski definition) is 1. The van der Waals surface area contributed by atoms with E-state index in [-0.39, 0.29) is 32.5 Å². The Balaban J connectivity index is 0.000000562. The summed E-state index contributed by atoms with van der Waals surface area (Å²) < 4.78 is 0. The molecule has 0 atom stereocenters. The van der Waals surface area contributed by atoms with Crippen LogP contribution in [0, 0.1) is 0 Å². The summed E-state index contributed by atoms with van der Waals surface area (Å²) in [6, 6.07) is 16.0. The van der Waals surface area contributed by atoms with Gasteiger partial charge < -0.3 is 5.11 Å². The number of phenols is 1. The molecule has 0 fully saturated rings. The van der Waals surface area contributed by atoms with Crippen molar-refractivity contribution >= 4 is 0 Å². The minimum atomic E-state index is -0.00859. The van der Waals surface area contributed by atoms with Crippen LogP contribution >= 0.6 is 0 Å². The first-order chi connectivity index (χ1) is 9.14. The monoisotopic (exact) mass is 319 g/mol. The van der Waals surface area contributed by atoms with E-state index in [0.717, 1.165) is 11.1 Å². The largest absolute Gasteiger partial charge is 0.507 e. The summed E-state index contributed by atoms with van der Waals surface area (Å²) in [4.78, 5) is 0. The van der Waals surface area contributed by atoms with Crippen LogP contribution in [0.1, 0.15) is 52.7 Å². The third kappa shape index (κ3) is 6.15. The average Bonchev–Trinajstić information content (AvgIpc) is 2.84. The molecular formula is C19H27OTi-. The van der Waals surface area contributed by atoms with Gasteiger partial charge in [0.15, 0.2) is 0 Å². The Morgan fingerprint density at radius 1 is 0.762 bits per heavy atom. The van der Waals surface area contributed by atoms with Crippen LogP contribution in [0.3, 0.4) is 0 Å². The van der Waals surface area contributed by atoms with Gasteiger partial charge in [-0.25, -0.2) is 12.1 Å². The van der Waals surface area contributed by atoms with E-state index >= 15 is 0 Å². The molecular weight excluding hydrogens is 292 g/mol. The molecule has 0 unspecified atom stereocenters. The van der Waals surface area contributed by atoms with Gasteiger partial charge in [-0.15, -0.1) is 0 Å². The number of phenolic OH excluding ortho intramolecular Hbond substituents is 1. The van der Waals surface area contributed by atoms with E-state index in [0.29, 0.717) is 5.75 Å². The molecule has 0 aliphatic carbocycles. The van der Waals surface area contributed by atoms with Crippen molar-refractivity contribution < 1.29 is 26.8 Å². The molecule has 2 aromatic carbocycles. The van der Waals surface area contributed by atoms with Crippen LogP contribution in [-0.4, -0.2) is 5.11 Å². The van der Waals surface area contributed by atoms with E-state index in [1.54, 1.807) is 0 Å². The van der Waals surface area contributed by atoms with Crippen molar-refractivity contribution in [2.45, 2.75) is 52.4 Å². The van der Waals surface area contributed by atoms with Gasteiger partial charge >= 0.3 is 0 Å². The van der Waals surface area contributed by atoms with Crippen LogP contribution < -0.4 is 0 Å². The third-order valence-electron chi connectivity index (χ3n) is 3.21. The molecule has 2 rings (SSSR count). The van der Waals surface area contributed by atoms with Crippen molar-refractivity contribution in [3.8, 4) is 5.75 Å². The van der Waals surface area contributed by atoms with Crippen molar-refractivity contribution in [2.24, 2.45) is 0 Å². The van der Waals surface area contributed by atoms with Gasteiger partial charge in [0.1, 0.15) is 5.75 Å². The average molecular weight is 319 g/mol. The Morgan fingerprint density at radius 3 is 1.38 bits per heavy atom. The van der Waals surface area contributed by atoms with Crippen LogP contribution in [0.5, 0.6) is 5.75 Å². The molecule has 114 valence electrons. The van der Waals surface area contributed by atoms with E-state index in [9.17, 15) is 5.11 Å². The van der Waals surface area contributed by atoms with Crippen molar-refractivity contribution in [3.63, 3.8) is 0 Å². The van der Waals surface area contributed by atoms with E-state index in [1.807, 2.05) is 48.5 Å². The molecule has 1 nitrogen and oxygen atoms in total. The maximum atomic E-state index is 10.3. The smallest absolute Gasteiger partial charge is 0.123 e. The summed E-state index contributed by atoms with van der Waals surface area (Å²) in [7, 11) is 0. The fourth-order valence-corrected chi connectivity index (χ4v) is 2.07. The number of aromatic hydroxyl groups is 1. The van der Waals surface area contributed by atoms with E-state index in [4.69, 9.17) is 0 Å². The number of para-hydroxylation sites is 1. The Morgan fingerprint density at radius 2 is 1.14 bits per heavy atom. The SMILES string of the molecule is CC(C)(C)c1cccc(C(C)(C)C)c1O.[Ti].c1cc[cH-]c1. The van der Waals surface area contributed by atoms with Crippen LogP contribution in [0.15, 0.2) is 48.5 Å². The first-order valence-electron chi connectivity index (χ1n) is 7.13. The fourth-order valence-electron chi connectivity index (χ4n) is 2.07. The minimum Gasteiger partial charge on any atom is -0.507 e. The van der Waals surface area contributed by atoms with Gasteiger partial charge in [0.25, 0.3) is 0 Å². The van der Waals surface area contributed by atoms with Crippen LogP contribution in [0.2, 0.25) is 0 Å². The van der Waals surface area contributed by atoms with Crippen molar-refractivity contribution in [3.05, 3.63) is 59.7 Å². The number of rotatable bonds is 0. The molecule has 0 spiro atoms. The predicted octanol–water partition coefficient (Wildman–Crippen LogP) is 5.39. The van der Waals surface area contributed by atoms with Crippen molar-refractivity contribution in [1.82, 2.24) is 0 Å². The standard InChI is InChI=1S/C14H22O.C5H5.Ti/c1-13(2,3)10-8-7-9-11(12(10)15)14(4,5)6;1-2-4-5-3-1;/h7-9,15H,1-6H3;1-5H;/q;-1;. The van der Waals surface area contributed by atoms with Crippen LogP contribution in [0.4, 0.5) is 0 Å². The normalized spacial score (nSPS) is 11.1. The van der Waals surface area contributed by atoms with Gasteiger partial charge in [0, 0.05) is 21.7 Å². The van der Waals surface area contributed by atoms with E-state index in [2.05, 4.69) is 41.5 Å². The molecule has 0 heterocycles. The summed E-state index contributed by atoms with van der Waals surface area (Å²) in [6.45, 7) is 12.7. The second kappa shape index (κ2) is 7.91. The molecule has 0 saturated heterocycles. The van der Waals surface area contributed by atoms with Gasteiger partial charge in [-0.1, -0.05) is 59.7 Å². The zero-order chi connectivity index (χ0) is 15.4. The Labute approximate surface area is 144 Å². The Bertz CT molecular complexity index is 464. The van der Waals surface area contributed by atoms with E-state index < -0.39 is 0 Å². The molecule has 0 radical (unpaired) electrons. The summed E-state index contributed by atoms with van der Waals surface area (Å²) in [5, 5.41) is 10.3. The summed E-state index contributed by atoms with van der Waals surface area (Å²) in [5.74, 6) is 0.456. The molecule has 1 N–H and O–H groups in total. The molecule has 0 amide bonds. The maximum absolute atomic E-state index is 10.3. The second-order valence-electron chi connectivity index (χ2n) is 7.16. The number of benzene rings is 1.